The van der Waals surface area contributed by atoms with Gasteiger partial charge < -0.3 is 10.6 Å². The molecule has 1 saturated heterocycles. The fourth-order valence-corrected chi connectivity index (χ4v) is 6.13. The molecule has 2 aromatic heterocycles. The number of sulfonamides is 1. The average Bonchev–Trinajstić information content (AvgIpc) is 2.89. The van der Waals surface area contributed by atoms with Crippen LogP contribution in [0.4, 0.5) is 20.4 Å². The largest absolute Gasteiger partial charge is 0.350 e. The Bertz CT molecular complexity index is 1750. The number of anilines is 2. The van der Waals surface area contributed by atoms with Crippen LogP contribution in [0.25, 0.3) is 22.4 Å². The van der Waals surface area contributed by atoms with Crippen LogP contribution in [0.3, 0.4) is 0 Å². The van der Waals surface area contributed by atoms with Crippen molar-refractivity contribution in [3.05, 3.63) is 76.5 Å². The second-order valence-corrected chi connectivity index (χ2v) is 12.5. The maximum atomic E-state index is 15.1. The maximum absolute atomic E-state index is 15.1. The molecule has 0 unspecified atom stereocenters. The van der Waals surface area contributed by atoms with Gasteiger partial charge in [0.15, 0.2) is 5.65 Å². The summed E-state index contributed by atoms with van der Waals surface area (Å²) >= 11 is 0. The monoisotopic (exact) mass is 583 g/mol. The molecular weight excluding hydrogens is 552 g/mol. The SMILES string of the molecule is CC(C)n1c(=O)c(-c2ccc(NS(=O)(=O)Cc3ccccc3)c(F)c2)nc2cnc(N[C@@H]3CNC[C@@](C)(F)C3)nc21. The molecule has 1 fully saturated rings. The summed E-state index contributed by atoms with van der Waals surface area (Å²) < 4.78 is 58.5. The molecule has 0 amide bonds. The van der Waals surface area contributed by atoms with Crippen LogP contribution in [0.1, 0.15) is 38.8 Å². The lowest BCUT2D eigenvalue weighted by Gasteiger charge is -2.33. The van der Waals surface area contributed by atoms with Crippen molar-refractivity contribution in [1.82, 2.24) is 24.8 Å². The van der Waals surface area contributed by atoms with Crippen LogP contribution >= 0.6 is 0 Å². The first-order valence-electron chi connectivity index (χ1n) is 13.2. The number of fused-ring (bicyclic) bond motifs is 1. The van der Waals surface area contributed by atoms with Crippen LogP contribution in [-0.4, -0.2) is 52.7 Å². The molecule has 2 aromatic carbocycles. The van der Waals surface area contributed by atoms with E-state index in [2.05, 4.69) is 30.3 Å². The predicted octanol–water partition coefficient (Wildman–Crippen LogP) is 4.02. The Balaban J connectivity index is 1.45. The summed E-state index contributed by atoms with van der Waals surface area (Å²) in [5.41, 5.74) is -0.808. The van der Waals surface area contributed by atoms with Crippen molar-refractivity contribution in [3.8, 4) is 11.3 Å². The topological polar surface area (TPSA) is 131 Å². The van der Waals surface area contributed by atoms with E-state index in [1.54, 1.807) is 30.3 Å². The third-order valence-corrected chi connectivity index (χ3v) is 7.99. The number of hydrogen-bond donors (Lipinski definition) is 3. The van der Waals surface area contributed by atoms with Crippen molar-refractivity contribution >= 4 is 32.8 Å². The maximum Gasteiger partial charge on any atom is 0.278 e. The van der Waals surface area contributed by atoms with Crippen molar-refractivity contribution in [2.75, 3.05) is 23.1 Å². The minimum absolute atomic E-state index is 0.0298. The van der Waals surface area contributed by atoms with Crippen molar-refractivity contribution in [2.45, 2.75) is 50.7 Å². The van der Waals surface area contributed by atoms with Gasteiger partial charge in [0, 0.05) is 37.2 Å². The van der Waals surface area contributed by atoms with Gasteiger partial charge in [0.05, 0.1) is 17.6 Å². The highest BCUT2D eigenvalue weighted by atomic mass is 32.2. The zero-order chi connectivity index (χ0) is 29.4. The zero-order valence-corrected chi connectivity index (χ0v) is 23.7. The zero-order valence-electron chi connectivity index (χ0n) is 22.9. The van der Waals surface area contributed by atoms with Gasteiger partial charge in [0.1, 0.15) is 22.7 Å². The van der Waals surface area contributed by atoms with E-state index in [4.69, 9.17) is 0 Å². The van der Waals surface area contributed by atoms with E-state index in [1.807, 2.05) is 13.8 Å². The Kier molecular flexibility index (Phi) is 7.75. The van der Waals surface area contributed by atoms with E-state index in [0.29, 0.717) is 17.6 Å². The van der Waals surface area contributed by atoms with Gasteiger partial charge >= 0.3 is 0 Å². The Hall–Kier alpha value is -3.97. The molecule has 0 aliphatic carbocycles. The fraction of sp³-hybridized carbons (Fsp3) is 0.357. The van der Waals surface area contributed by atoms with Gasteiger partial charge in [0.2, 0.25) is 16.0 Å². The van der Waals surface area contributed by atoms with Crippen molar-refractivity contribution in [3.63, 3.8) is 0 Å². The molecule has 216 valence electrons. The average molecular weight is 584 g/mol. The van der Waals surface area contributed by atoms with E-state index in [9.17, 15) is 17.6 Å². The van der Waals surface area contributed by atoms with E-state index in [1.165, 1.54) is 29.8 Å². The van der Waals surface area contributed by atoms with Crippen LogP contribution in [-0.2, 0) is 15.8 Å². The smallest absolute Gasteiger partial charge is 0.278 e. The van der Waals surface area contributed by atoms with Gasteiger partial charge in [-0.25, -0.2) is 27.2 Å². The number of alkyl halides is 1. The molecule has 4 aromatic rings. The molecular formula is C28H31F2N7O3S. The van der Waals surface area contributed by atoms with Gasteiger partial charge in [-0.15, -0.1) is 0 Å². The van der Waals surface area contributed by atoms with Crippen molar-refractivity contribution < 1.29 is 17.2 Å². The van der Waals surface area contributed by atoms with Crippen LogP contribution in [0.5, 0.6) is 0 Å². The molecule has 2 atom stereocenters. The Labute approximate surface area is 236 Å². The van der Waals surface area contributed by atoms with Gasteiger partial charge in [0.25, 0.3) is 5.56 Å². The highest BCUT2D eigenvalue weighted by Crippen LogP contribution is 2.26. The molecule has 5 rings (SSSR count). The molecule has 0 spiro atoms. The Morgan fingerprint density at radius 3 is 2.61 bits per heavy atom. The number of piperidine rings is 1. The van der Waals surface area contributed by atoms with Crippen molar-refractivity contribution in [2.24, 2.45) is 0 Å². The third-order valence-electron chi connectivity index (χ3n) is 6.75. The summed E-state index contributed by atoms with van der Waals surface area (Å²) in [5, 5.41) is 6.18. The summed E-state index contributed by atoms with van der Waals surface area (Å²) in [4.78, 5) is 26.8. The van der Waals surface area contributed by atoms with E-state index in [-0.39, 0.29) is 59.3 Å². The highest BCUT2D eigenvalue weighted by Gasteiger charge is 2.32. The normalized spacial score (nSPS) is 19.4. The van der Waals surface area contributed by atoms with E-state index < -0.39 is 27.1 Å². The summed E-state index contributed by atoms with van der Waals surface area (Å²) in [5.74, 6) is -0.932. The fourth-order valence-electron chi connectivity index (χ4n) is 4.93. The number of nitrogens with one attached hydrogen (secondary N) is 3. The summed E-state index contributed by atoms with van der Waals surface area (Å²) in [6.45, 7) is 5.96. The van der Waals surface area contributed by atoms with Crippen LogP contribution in [0.2, 0.25) is 0 Å². The highest BCUT2D eigenvalue weighted by molar-refractivity contribution is 7.91. The second kappa shape index (κ2) is 11.1. The first-order chi connectivity index (χ1) is 19.4. The van der Waals surface area contributed by atoms with Crippen molar-refractivity contribution in [1.29, 1.82) is 0 Å². The van der Waals surface area contributed by atoms with Gasteiger partial charge in [-0.3, -0.25) is 14.1 Å². The molecule has 1 aliphatic heterocycles. The molecule has 13 heteroatoms. The molecule has 0 saturated carbocycles. The molecule has 41 heavy (non-hydrogen) atoms. The molecule has 1 aliphatic rings. The van der Waals surface area contributed by atoms with Gasteiger partial charge in [-0.2, -0.15) is 4.98 Å². The Morgan fingerprint density at radius 1 is 1.17 bits per heavy atom. The van der Waals surface area contributed by atoms with E-state index in [0.717, 1.165) is 6.07 Å². The van der Waals surface area contributed by atoms with Gasteiger partial charge in [-0.05, 0) is 38.5 Å². The van der Waals surface area contributed by atoms with Gasteiger partial charge in [-0.1, -0.05) is 36.4 Å². The second-order valence-electron chi connectivity index (χ2n) is 10.8. The number of rotatable bonds is 8. The van der Waals surface area contributed by atoms with Crippen LogP contribution < -0.4 is 20.9 Å². The quantitative estimate of drug-likeness (QED) is 0.284. The molecule has 3 N–H and O–H groups in total. The lowest BCUT2D eigenvalue weighted by Crippen LogP contribution is -2.50. The number of nitrogens with zero attached hydrogens (tertiary/aromatic N) is 4. The summed E-state index contributed by atoms with van der Waals surface area (Å²) in [6, 6.07) is 11.7. The Morgan fingerprint density at radius 2 is 1.93 bits per heavy atom. The number of halogens is 2. The predicted molar refractivity (Wildman–Crippen MR) is 154 cm³/mol. The minimum atomic E-state index is -3.88. The lowest BCUT2D eigenvalue weighted by atomic mass is 9.95. The summed E-state index contributed by atoms with van der Waals surface area (Å²) in [7, 11) is -3.88. The summed E-state index contributed by atoms with van der Waals surface area (Å²) in [6.07, 6.45) is 1.74. The lowest BCUT2D eigenvalue weighted by molar-refractivity contribution is 0.137. The molecule has 10 nitrogen and oxygen atoms in total. The third kappa shape index (κ3) is 6.51. The van der Waals surface area contributed by atoms with E-state index >= 15 is 4.39 Å². The molecule has 0 bridgehead atoms. The number of hydrogen-bond acceptors (Lipinski definition) is 8. The number of benzene rings is 2. The first kappa shape index (κ1) is 28.6. The standard InChI is InChI=1S/C28H31F2N7O3S/c1-17(2)37-25-23(14-32-27(35-25)33-20-12-28(3,30)16-31-13-20)34-24(26(37)38)19-9-10-22(21(29)11-19)36-41(39,40)15-18-7-5-4-6-8-18/h4-11,14,17,20,31,36H,12-13,15-16H2,1-3H3,(H,32,33,35)/t20-,28-/m0/s1. The van der Waals surface area contributed by atoms with Crippen LogP contribution in [0.15, 0.2) is 59.5 Å². The minimum Gasteiger partial charge on any atom is -0.350 e. The van der Waals surface area contributed by atoms with Crippen LogP contribution in [0, 0.1) is 5.82 Å². The number of aromatic nitrogens is 4. The molecule has 0 radical (unpaired) electrons. The molecule has 3 heterocycles. The first-order valence-corrected chi connectivity index (χ1v) is 14.9.